The lowest BCUT2D eigenvalue weighted by molar-refractivity contribution is 0.111. The Hall–Kier alpha value is -1.10. The molecule has 21 heavy (non-hydrogen) atoms. The number of ether oxygens (including phenoxy) is 2. The number of hydrogen-bond donors (Lipinski definition) is 1. The van der Waals surface area contributed by atoms with E-state index in [2.05, 4.69) is 30.0 Å². The zero-order chi connectivity index (χ0) is 15.2. The van der Waals surface area contributed by atoms with Gasteiger partial charge in [-0.25, -0.2) is 0 Å². The molecule has 0 spiro atoms. The van der Waals surface area contributed by atoms with Crippen LogP contribution in [0.2, 0.25) is 0 Å². The van der Waals surface area contributed by atoms with Crippen LogP contribution in [0.15, 0.2) is 18.2 Å². The molecule has 1 saturated carbocycles. The largest absolute Gasteiger partial charge is 0.496 e. The minimum atomic E-state index is 0.509. The van der Waals surface area contributed by atoms with Gasteiger partial charge >= 0.3 is 0 Å². The number of nitrogens with two attached hydrogens (primary N) is 1. The lowest BCUT2D eigenvalue weighted by atomic mass is 10.1. The molecular formula is C17H28N2O2. The zero-order valence-electron chi connectivity index (χ0n) is 13.5. The van der Waals surface area contributed by atoms with E-state index in [1.165, 1.54) is 18.4 Å². The van der Waals surface area contributed by atoms with E-state index in [4.69, 9.17) is 15.2 Å². The highest BCUT2D eigenvalue weighted by Gasteiger charge is 2.31. The lowest BCUT2D eigenvalue weighted by Gasteiger charge is -2.29. The van der Waals surface area contributed by atoms with Crippen molar-refractivity contribution < 1.29 is 9.47 Å². The molecule has 1 aromatic rings. The highest BCUT2D eigenvalue weighted by atomic mass is 16.5. The minimum absolute atomic E-state index is 0.509. The molecule has 0 aromatic heterocycles. The lowest BCUT2D eigenvalue weighted by Crippen LogP contribution is -2.36. The van der Waals surface area contributed by atoms with Crippen molar-refractivity contribution in [3.8, 4) is 5.75 Å². The molecular weight excluding hydrogens is 264 g/mol. The Morgan fingerprint density at radius 1 is 1.33 bits per heavy atom. The van der Waals surface area contributed by atoms with E-state index in [9.17, 15) is 0 Å². The van der Waals surface area contributed by atoms with Crippen LogP contribution in [0, 0.1) is 5.92 Å². The van der Waals surface area contributed by atoms with Crippen molar-refractivity contribution in [3.63, 3.8) is 0 Å². The predicted molar refractivity (Wildman–Crippen MR) is 85.4 cm³/mol. The topological polar surface area (TPSA) is 47.7 Å². The second-order valence-electron chi connectivity index (χ2n) is 5.89. The van der Waals surface area contributed by atoms with E-state index in [1.807, 2.05) is 0 Å². The fourth-order valence-electron chi connectivity index (χ4n) is 2.80. The number of rotatable bonds is 9. The third-order valence-corrected chi connectivity index (χ3v) is 4.42. The van der Waals surface area contributed by atoms with E-state index in [-0.39, 0.29) is 0 Å². The van der Waals surface area contributed by atoms with Crippen molar-refractivity contribution in [2.75, 3.05) is 27.4 Å². The molecule has 0 bridgehead atoms. The monoisotopic (exact) mass is 292 g/mol. The first-order valence-corrected chi connectivity index (χ1v) is 7.78. The van der Waals surface area contributed by atoms with Crippen molar-refractivity contribution in [1.82, 2.24) is 4.90 Å². The van der Waals surface area contributed by atoms with Crippen molar-refractivity contribution >= 4 is 0 Å². The van der Waals surface area contributed by atoms with E-state index < -0.39 is 0 Å². The first-order valence-electron chi connectivity index (χ1n) is 7.78. The molecule has 2 rings (SSSR count). The standard InChI is InChI=1S/C17H28N2O2/c1-13(15-6-7-15)19(8-9-20-2)12-14-4-5-16(11-18)17(10-14)21-3/h4-5,10,13,15H,6-9,11-12,18H2,1-3H3. The Balaban J connectivity index is 2.07. The van der Waals surface area contributed by atoms with Crippen molar-refractivity contribution in [3.05, 3.63) is 29.3 Å². The van der Waals surface area contributed by atoms with Crippen LogP contribution in [-0.2, 0) is 17.8 Å². The number of nitrogens with zero attached hydrogens (tertiary/aromatic N) is 1. The summed E-state index contributed by atoms with van der Waals surface area (Å²) in [4.78, 5) is 2.51. The van der Waals surface area contributed by atoms with Crippen molar-refractivity contribution in [2.45, 2.75) is 38.9 Å². The molecule has 1 unspecified atom stereocenters. The Morgan fingerprint density at radius 2 is 2.10 bits per heavy atom. The predicted octanol–water partition coefficient (Wildman–Crippen LogP) is 2.40. The Bertz CT molecular complexity index is 446. The summed E-state index contributed by atoms with van der Waals surface area (Å²) in [5.74, 6) is 1.74. The van der Waals surface area contributed by atoms with Gasteiger partial charge in [-0.3, -0.25) is 4.90 Å². The second-order valence-corrected chi connectivity index (χ2v) is 5.89. The van der Waals surface area contributed by atoms with Crippen LogP contribution in [0.5, 0.6) is 5.75 Å². The summed E-state index contributed by atoms with van der Waals surface area (Å²) in [5, 5.41) is 0. The van der Waals surface area contributed by atoms with Gasteiger partial charge in [0.05, 0.1) is 13.7 Å². The van der Waals surface area contributed by atoms with Gasteiger partial charge in [-0.2, -0.15) is 0 Å². The molecule has 0 radical (unpaired) electrons. The molecule has 1 aliphatic carbocycles. The maximum absolute atomic E-state index is 5.73. The molecule has 0 aliphatic heterocycles. The Morgan fingerprint density at radius 3 is 2.67 bits per heavy atom. The van der Waals surface area contributed by atoms with Crippen LogP contribution in [0.1, 0.15) is 30.9 Å². The molecule has 4 heteroatoms. The average Bonchev–Trinajstić information content (AvgIpc) is 3.35. The summed E-state index contributed by atoms with van der Waals surface area (Å²) < 4.78 is 10.7. The summed E-state index contributed by atoms with van der Waals surface area (Å²) in [7, 11) is 3.47. The van der Waals surface area contributed by atoms with Gasteiger partial charge in [-0.15, -0.1) is 0 Å². The highest BCUT2D eigenvalue weighted by molar-refractivity contribution is 5.37. The molecule has 0 heterocycles. The van der Waals surface area contributed by atoms with Gasteiger partial charge in [0, 0.05) is 38.3 Å². The van der Waals surface area contributed by atoms with Crippen molar-refractivity contribution in [1.29, 1.82) is 0 Å². The SMILES string of the molecule is COCCN(Cc1ccc(CN)c(OC)c1)C(C)C1CC1. The van der Waals surface area contributed by atoms with Crippen LogP contribution in [0.25, 0.3) is 0 Å². The van der Waals surface area contributed by atoms with Crippen LogP contribution >= 0.6 is 0 Å². The van der Waals surface area contributed by atoms with E-state index in [1.54, 1.807) is 14.2 Å². The van der Waals surface area contributed by atoms with Gasteiger partial charge in [0.2, 0.25) is 0 Å². The Kier molecular flexibility index (Phi) is 6.03. The van der Waals surface area contributed by atoms with Crippen LogP contribution in [-0.4, -0.2) is 38.3 Å². The number of benzene rings is 1. The van der Waals surface area contributed by atoms with E-state index in [0.29, 0.717) is 12.6 Å². The second kappa shape index (κ2) is 7.78. The first kappa shape index (κ1) is 16.3. The highest BCUT2D eigenvalue weighted by Crippen LogP contribution is 2.35. The molecule has 0 amide bonds. The maximum Gasteiger partial charge on any atom is 0.123 e. The molecule has 1 aromatic carbocycles. The summed E-state index contributed by atoms with van der Waals surface area (Å²) in [6.45, 7) is 5.51. The van der Waals surface area contributed by atoms with Crippen LogP contribution in [0.3, 0.4) is 0 Å². The Labute approximate surface area is 128 Å². The number of hydrogen-bond acceptors (Lipinski definition) is 4. The molecule has 1 fully saturated rings. The molecule has 0 saturated heterocycles. The maximum atomic E-state index is 5.73. The quantitative estimate of drug-likeness (QED) is 0.759. The summed E-state index contributed by atoms with van der Waals surface area (Å²) >= 11 is 0. The third-order valence-electron chi connectivity index (χ3n) is 4.42. The first-order chi connectivity index (χ1) is 10.2. The molecule has 1 atom stereocenters. The van der Waals surface area contributed by atoms with Gasteiger partial charge in [0.1, 0.15) is 5.75 Å². The smallest absolute Gasteiger partial charge is 0.123 e. The number of methoxy groups -OCH3 is 2. The van der Waals surface area contributed by atoms with Gasteiger partial charge in [-0.1, -0.05) is 12.1 Å². The third kappa shape index (κ3) is 4.43. The molecule has 118 valence electrons. The average molecular weight is 292 g/mol. The molecule has 4 nitrogen and oxygen atoms in total. The fraction of sp³-hybridized carbons (Fsp3) is 0.647. The van der Waals surface area contributed by atoms with E-state index >= 15 is 0 Å². The molecule has 2 N–H and O–H groups in total. The minimum Gasteiger partial charge on any atom is -0.496 e. The van der Waals surface area contributed by atoms with E-state index in [0.717, 1.165) is 36.9 Å². The molecule has 1 aliphatic rings. The van der Waals surface area contributed by atoms with Gasteiger partial charge in [0.25, 0.3) is 0 Å². The normalized spacial score (nSPS) is 16.2. The van der Waals surface area contributed by atoms with Gasteiger partial charge < -0.3 is 15.2 Å². The summed E-state index contributed by atoms with van der Waals surface area (Å²) in [6, 6.07) is 6.95. The fourth-order valence-corrected chi connectivity index (χ4v) is 2.80. The van der Waals surface area contributed by atoms with Crippen LogP contribution in [0.4, 0.5) is 0 Å². The van der Waals surface area contributed by atoms with Gasteiger partial charge in [-0.05, 0) is 37.3 Å². The summed E-state index contributed by atoms with van der Waals surface area (Å²) in [5.41, 5.74) is 8.06. The zero-order valence-corrected chi connectivity index (χ0v) is 13.5. The van der Waals surface area contributed by atoms with Gasteiger partial charge in [0.15, 0.2) is 0 Å². The van der Waals surface area contributed by atoms with Crippen LogP contribution < -0.4 is 10.5 Å². The van der Waals surface area contributed by atoms with Crippen molar-refractivity contribution in [2.24, 2.45) is 11.7 Å². The summed E-state index contributed by atoms with van der Waals surface area (Å²) in [6.07, 6.45) is 2.72.